The third-order valence-corrected chi connectivity index (χ3v) is 6.28. The normalized spacial score (nSPS) is 24.6. The number of halogens is 1. The van der Waals surface area contributed by atoms with E-state index in [-0.39, 0.29) is 17.0 Å². The number of piperazine rings is 1. The summed E-state index contributed by atoms with van der Waals surface area (Å²) < 4.78 is 17.1. The number of aromatic carboxylic acids is 1. The highest BCUT2D eigenvalue weighted by Gasteiger charge is 2.36. The quantitative estimate of drug-likeness (QED) is 0.897. The zero-order valence-electron chi connectivity index (χ0n) is 15.2. The first-order valence-corrected chi connectivity index (χ1v) is 9.56. The standard InChI is InChI=1S/C20H22FN3O3/c1-11-17-14(19(25)15(20(26)27)10-24(17)12-2-3-12)8-16(21)18(11)23-7-6-22-5-4-13(23)9-22/h8,10,12-13H,2-7,9H2,1H3,(H,26,27). The van der Waals surface area contributed by atoms with Gasteiger partial charge in [-0.05, 0) is 37.8 Å². The van der Waals surface area contributed by atoms with Gasteiger partial charge < -0.3 is 14.6 Å². The van der Waals surface area contributed by atoms with Crippen LogP contribution in [0.25, 0.3) is 10.9 Å². The van der Waals surface area contributed by atoms with Crippen molar-refractivity contribution >= 4 is 22.6 Å². The van der Waals surface area contributed by atoms with Crippen LogP contribution in [-0.4, -0.2) is 52.8 Å². The van der Waals surface area contributed by atoms with Gasteiger partial charge in [0.15, 0.2) is 0 Å². The molecule has 2 atom stereocenters. The molecule has 0 spiro atoms. The van der Waals surface area contributed by atoms with Crippen LogP contribution < -0.4 is 10.3 Å². The number of aryl methyl sites for hydroxylation is 1. The number of nitrogens with zero attached hydrogens (tertiary/aromatic N) is 3. The minimum Gasteiger partial charge on any atom is -0.477 e. The van der Waals surface area contributed by atoms with Crippen molar-refractivity contribution in [3.63, 3.8) is 0 Å². The Labute approximate surface area is 155 Å². The molecule has 2 aromatic rings. The first-order valence-electron chi connectivity index (χ1n) is 9.56. The van der Waals surface area contributed by atoms with Crippen LogP contribution in [0.2, 0.25) is 0 Å². The molecule has 1 saturated carbocycles. The molecular formula is C20H22FN3O3. The summed E-state index contributed by atoms with van der Waals surface area (Å²) >= 11 is 0. The van der Waals surface area contributed by atoms with Crippen LogP contribution in [0, 0.1) is 12.7 Å². The number of hydrogen-bond acceptors (Lipinski definition) is 4. The Morgan fingerprint density at radius 1 is 1.19 bits per heavy atom. The van der Waals surface area contributed by atoms with Crippen LogP contribution in [0.4, 0.5) is 10.1 Å². The van der Waals surface area contributed by atoms with Crippen molar-refractivity contribution in [3.05, 3.63) is 39.4 Å². The van der Waals surface area contributed by atoms with Crippen LogP contribution in [0.3, 0.4) is 0 Å². The van der Waals surface area contributed by atoms with Gasteiger partial charge >= 0.3 is 5.97 Å². The van der Waals surface area contributed by atoms with Crippen molar-refractivity contribution in [1.82, 2.24) is 9.47 Å². The molecular weight excluding hydrogens is 349 g/mol. The summed E-state index contributed by atoms with van der Waals surface area (Å²) in [5, 5.41) is 9.57. The summed E-state index contributed by atoms with van der Waals surface area (Å²) in [5.41, 5.74) is 1.11. The third kappa shape index (κ3) is 2.48. The fourth-order valence-electron chi connectivity index (χ4n) is 4.81. The topological polar surface area (TPSA) is 65.8 Å². The van der Waals surface area contributed by atoms with Gasteiger partial charge in [0.1, 0.15) is 11.4 Å². The van der Waals surface area contributed by atoms with E-state index in [4.69, 9.17) is 0 Å². The molecule has 27 heavy (non-hydrogen) atoms. The molecule has 1 aromatic heterocycles. The highest BCUT2D eigenvalue weighted by molar-refractivity contribution is 5.95. The van der Waals surface area contributed by atoms with E-state index in [9.17, 15) is 14.7 Å². The van der Waals surface area contributed by atoms with E-state index in [0.29, 0.717) is 17.2 Å². The minimum atomic E-state index is -1.26. The number of aromatic nitrogens is 1. The van der Waals surface area contributed by atoms with E-state index in [1.54, 1.807) is 0 Å². The number of carboxylic acids is 1. The zero-order valence-corrected chi connectivity index (χ0v) is 15.2. The molecule has 3 aliphatic rings. The maximum atomic E-state index is 15.2. The smallest absolute Gasteiger partial charge is 0.341 e. The first-order chi connectivity index (χ1) is 13.0. The number of fused-ring (bicyclic) bond motifs is 3. The lowest BCUT2D eigenvalue weighted by Crippen LogP contribution is -2.47. The van der Waals surface area contributed by atoms with E-state index >= 15 is 4.39 Å². The van der Waals surface area contributed by atoms with Gasteiger partial charge in [0, 0.05) is 49.8 Å². The summed E-state index contributed by atoms with van der Waals surface area (Å²) in [6.07, 6.45) is 4.37. The maximum absolute atomic E-state index is 15.2. The van der Waals surface area contributed by atoms with Crippen molar-refractivity contribution in [1.29, 1.82) is 0 Å². The van der Waals surface area contributed by atoms with Gasteiger partial charge in [-0.15, -0.1) is 0 Å². The molecule has 7 heteroatoms. The van der Waals surface area contributed by atoms with Gasteiger partial charge in [-0.1, -0.05) is 0 Å². The maximum Gasteiger partial charge on any atom is 0.341 e. The largest absolute Gasteiger partial charge is 0.477 e. The SMILES string of the molecule is Cc1c(N2CCN3CCC2C3)c(F)cc2c(=O)c(C(=O)O)cn(C3CC3)c12. The van der Waals surface area contributed by atoms with E-state index in [1.165, 1.54) is 12.3 Å². The average Bonchev–Trinajstić information content (AvgIpc) is 3.40. The second-order valence-electron chi connectivity index (χ2n) is 7.98. The zero-order chi connectivity index (χ0) is 18.9. The number of benzene rings is 1. The van der Waals surface area contributed by atoms with Crippen molar-refractivity contribution in [2.45, 2.75) is 38.3 Å². The molecule has 6 nitrogen and oxygen atoms in total. The molecule has 2 saturated heterocycles. The number of rotatable bonds is 3. The molecule has 0 radical (unpaired) electrons. The van der Waals surface area contributed by atoms with Crippen molar-refractivity contribution in [3.8, 4) is 0 Å². The second-order valence-corrected chi connectivity index (χ2v) is 7.98. The van der Waals surface area contributed by atoms with E-state index in [2.05, 4.69) is 9.80 Å². The van der Waals surface area contributed by atoms with Gasteiger partial charge in [0.05, 0.1) is 11.2 Å². The van der Waals surface area contributed by atoms with Gasteiger partial charge in [0.25, 0.3) is 0 Å². The highest BCUT2D eigenvalue weighted by Crippen LogP contribution is 2.41. The van der Waals surface area contributed by atoms with Crippen LogP contribution in [0.15, 0.2) is 17.1 Å². The summed E-state index contributed by atoms with van der Waals surface area (Å²) in [4.78, 5) is 28.8. The summed E-state index contributed by atoms with van der Waals surface area (Å²) in [6, 6.07) is 1.74. The Morgan fingerprint density at radius 2 is 1.96 bits per heavy atom. The van der Waals surface area contributed by atoms with Crippen molar-refractivity contribution in [2.75, 3.05) is 31.1 Å². The number of pyridine rings is 1. The van der Waals surface area contributed by atoms with Crippen LogP contribution in [0.5, 0.6) is 0 Å². The van der Waals surface area contributed by atoms with Gasteiger partial charge in [-0.25, -0.2) is 9.18 Å². The van der Waals surface area contributed by atoms with E-state index < -0.39 is 17.2 Å². The first kappa shape index (κ1) is 16.7. The Kier molecular flexibility index (Phi) is 3.59. The molecule has 2 bridgehead atoms. The number of carbonyl (C=O) groups is 1. The van der Waals surface area contributed by atoms with Gasteiger partial charge in [0.2, 0.25) is 5.43 Å². The van der Waals surface area contributed by atoms with Crippen LogP contribution in [-0.2, 0) is 0 Å². The number of anilines is 1. The minimum absolute atomic E-state index is 0.172. The van der Waals surface area contributed by atoms with E-state index in [0.717, 1.165) is 51.0 Å². The molecule has 3 heterocycles. The highest BCUT2D eigenvalue weighted by atomic mass is 19.1. The Bertz CT molecular complexity index is 1030. The summed E-state index contributed by atoms with van der Waals surface area (Å²) in [6.45, 7) is 5.55. The fourth-order valence-corrected chi connectivity index (χ4v) is 4.81. The average molecular weight is 371 g/mol. The second kappa shape index (κ2) is 5.79. The molecule has 1 aliphatic carbocycles. The van der Waals surface area contributed by atoms with Crippen LogP contribution >= 0.6 is 0 Å². The molecule has 1 N–H and O–H groups in total. The molecule has 0 amide bonds. The van der Waals surface area contributed by atoms with Gasteiger partial charge in [-0.2, -0.15) is 0 Å². The Morgan fingerprint density at radius 3 is 2.67 bits per heavy atom. The Hall–Kier alpha value is -2.41. The molecule has 2 unspecified atom stereocenters. The molecule has 3 fully saturated rings. The summed E-state index contributed by atoms with van der Waals surface area (Å²) in [5.74, 6) is -1.69. The van der Waals surface area contributed by atoms with Gasteiger partial charge in [-0.3, -0.25) is 9.69 Å². The van der Waals surface area contributed by atoms with Crippen molar-refractivity contribution in [2.24, 2.45) is 0 Å². The lowest BCUT2D eigenvalue weighted by Gasteiger charge is -2.37. The fraction of sp³-hybridized carbons (Fsp3) is 0.500. The molecule has 142 valence electrons. The number of carboxylic acid groups (broad SMARTS) is 1. The summed E-state index contributed by atoms with van der Waals surface area (Å²) in [7, 11) is 0. The number of hydrogen-bond donors (Lipinski definition) is 1. The Balaban J connectivity index is 1.77. The molecule has 2 aliphatic heterocycles. The predicted molar refractivity (Wildman–Crippen MR) is 100 cm³/mol. The molecule has 5 rings (SSSR count). The lowest BCUT2D eigenvalue weighted by atomic mass is 10.0. The van der Waals surface area contributed by atoms with Crippen molar-refractivity contribution < 1.29 is 14.3 Å². The monoisotopic (exact) mass is 371 g/mol. The predicted octanol–water partition coefficient (Wildman–Crippen LogP) is 2.38. The molecule has 1 aromatic carbocycles. The third-order valence-electron chi connectivity index (χ3n) is 6.28. The van der Waals surface area contributed by atoms with E-state index in [1.807, 2.05) is 11.5 Å². The van der Waals surface area contributed by atoms with Crippen LogP contribution in [0.1, 0.15) is 41.2 Å². The lowest BCUT2D eigenvalue weighted by molar-refractivity contribution is 0.0695.